The monoisotopic (exact) mass is 318 g/mol. The molecule has 0 heterocycles. The lowest BCUT2D eigenvalue weighted by Gasteiger charge is -2.26. The van der Waals surface area contributed by atoms with Gasteiger partial charge in [0.25, 0.3) is 0 Å². The molecule has 4 fully saturated rings. The Labute approximate surface area is 100 Å². The van der Waals surface area contributed by atoms with E-state index in [4.69, 9.17) is 0 Å². The molecule has 1 nitrogen and oxygen atoms in total. The number of Topliss-reactive ketones (excluding diaryl/α,β-unsaturated/α-hetero) is 1. The van der Waals surface area contributed by atoms with Crippen LogP contribution in [-0.2, 0) is 4.79 Å². The van der Waals surface area contributed by atoms with Crippen LogP contribution in [0.4, 0.5) is 0 Å². The number of fused-ring (bicyclic) bond motifs is 2. The van der Waals surface area contributed by atoms with Crippen molar-refractivity contribution in [1.29, 1.82) is 0 Å². The van der Waals surface area contributed by atoms with E-state index in [-0.39, 0.29) is 4.83 Å². The van der Waals surface area contributed by atoms with Crippen LogP contribution in [0.2, 0.25) is 0 Å². The Bertz CT molecular complexity index is 327. The second-order valence-corrected chi connectivity index (χ2v) is 7.63. The molecule has 0 aromatic carbocycles. The van der Waals surface area contributed by atoms with Crippen LogP contribution in [0.5, 0.6) is 0 Å². The van der Waals surface area contributed by atoms with E-state index in [1.807, 2.05) is 0 Å². The molecule has 0 spiro atoms. The SMILES string of the molecule is O=C1C(Br)C2[C@@H]3[C@@H]4C[C@H]2[C@H]1[C@@H]4C[C@H]3Br. The lowest BCUT2D eigenvalue weighted by Crippen LogP contribution is -2.26. The Hall–Kier alpha value is 0.630. The van der Waals surface area contributed by atoms with Crippen molar-refractivity contribution in [1.82, 2.24) is 0 Å². The second-order valence-electron chi connectivity index (χ2n) is 5.46. The van der Waals surface area contributed by atoms with E-state index in [1.165, 1.54) is 12.8 Å². The fraction of sp³-hybridized carbons (Fsp3) is 0.909. The smallest absolute Gasteiger partial charge is 0.150 e. The van der Waals surface area contributed by atoms with Crippen molar-refractivity contribution in [2.75, 3.05) is 0 Å². The summed E-state index contributed by atoms with van der Waals surface area (Å²) in [6.45, 7) is 0. The minimum atomic E-state index is 0.192. The Balaban J connectivity index is 1.89. The molecular weight excluding hydrogens is 308 g/mol. The summed E-state index contributed by atoms with van der Waals surface area (Å²) in [5, 5.41) is 0. The first-order valence-electron chi connectivity index (χ1n) is 5.52. The molecule has 14 heavy (non-hydrogen) atoms. The highest BCUT2D eigenvalue weighted by molar-refractivity contribution is 9.10. The second kappa shape index (κ2) is 2.48. The molecule has 3 heteroatoms. The summed E-state index contributed by atoms with van der Waals surface area (Å²) < 4.78 is 0. The van der Waals surface area contributed by atoms with E-state index in [1.54, 1.807) is 0 Å². The van der Waals surface area contributed by atoms with Gasteiger partial charge in [0.15, 0.2) is 0 Å². The Morgan fingerprint density at radius 3 is 2.57 bits per heavy atom. The summed E-state index contributed by atoms with van der Waals surface area (Å²) in [6.07, 6.45) is 2.61. The quantitative estimate of drug-likeness (QED) is 0.627. The summed E-state index contributed by atoms with van der Waals surface area (Å²) in [6, 6.07) is 0. The molecule has 4 rings (SSSR count). The Kier molecular flexibility index (Phi) is 1.55. The highest BCUT2D eigenvalue weighted by atomic mass is 79.9. The fourth-order valence-electron chi connectivity index (χ4n) is 5.09. The third-order valence-corrected chi connectivity index (χ3v) is 7.35. The summed E-state index contributed by atoms with van der Waals surface area (Å²) in [5.41, 5.74) is 0. The van der Waals surface area contributed by atoms with Crippen molar-refractivity contribution in [3.05, 3.63) is 0 Å². The minimum Gasteiger partial charge on any atom is -0.298 e. The van der Waals surface area contributed by atoms with Crippen molar-refractivity contribution in [2.24, 2.45) is 35.5 Å². The van der Waals surface area contributed by atoms with E-state index in [2.05, 4.69) is 31.9 Å². The van der Waals surface area contributed by atoms with Gasteiger partial charge in [-0.3, -0.25) is 4.79 Å². The average molecular weight is 320 g/mol. The van der Waals surface area contributed by atoms with Crippen LogP contribution in [0.15, 0.2) is 0 Å². The number of alkyl halides is 2. The molecule has 0 aliphatic heterocycles. The molecule has 4 saturated carbocycles. The Morgan fingerprint density at radius 2 is 1.79 bits per heavy atom. The molecule has 76 valence electrons. The van der Waals surface area contributed by atoms with Gasteiger partial charge in [0.2, 0.25) is 0 Å². The number of hydrogen-bond acceptors (Lipinski definition) is 1. The van der Waals surface area contributed by atoms with Crippen LogP contribution in [0, 0.1) is 35.5 Å². The Morgan fingerprint density at radius 1 is 1.00 bits per heavy atom. The number of carbonyl (C=O) groups is 1. The zero-order valence-electron chi connectivity index (χ0n) is 7.70. The van der Waals surface area contributed by atoms with Crippen LogP contribution in [0.3, 0.4) is 0 Å². The van der Waals surface area contributed by atoms with Gasteiger partial charge in [0.05, 0.1) is 4.83 Å². The zero-order chi connectivity index (χ0) is 9.61. The highest BCUT2D eigenvalue weighted by Gasteiger charge is 2.71. The van der Waals surface area contributed by atoms with Crippen LogP contribution in [-0.4, -0.2) is 15.4 Å². The molecule has 2 unspecified atom stereocenters. The summed E-state index contributed by atoms with van der Waals surface area (Å²) >= 11 is 7.47. The molecule has 0 aromatic heterocycles. The molecule has 0 saturated heterocycles. The lowest BCUT2D eigenvalue weighted by atomic mass is 9.80. The van der Waals surface area contributed by atoms with Crippen molar-refractivity contribution in [3.63, 3.8) is 0 Å². The molecule has 0 amide bonds. The molecule has 4 aliphatic rings. The van der Waals surface area contributed by atoms with E-state index >= 15 is 0 Å². The molecule has 2 bridgehead atoms. The van der Waals surface area contributed by atoms with Gasteiger partial charge >= 0.3 is 0 Å². The average Bonchev–Trinajstić information content (AvgIpc) is 2.76. The molecule has 0 N–H and O–H groups in total. The summed E-state index contributed by atoms with van der Waals surface area (Å²) in [4.78, 5) is 13.0. The molecule has 0 radical (unpaired) electrons. The molecule has 4 aliphatic carbocycles. The van der Waals surface area contributed by atoms with Gasteiger partial charge in [0, 0.05) is 10.7 Å². The first-order valence-corrected chi connectivity index (χ1v) is 7.35. The van der Waals surface area contributed by atoms with Gasteiger partial charge in [0.1, 0.15) is 5.78 Å². The normalized spacial score (nSPS) is 68.3. The van der Waals surface area contributed by atoms with Crippen LogP contribution < -0.4 is 0 Å². The summed E-state index contributed by atoms with van der Waals surface area (Å²) in [5.74, 6) is 4.81. The largest absolute Gasteiger partial charge is 0.298 e. The minimum absolute atomic E-state index is 0.192. The first-order chi connectivity index (χ1) is 6.70. The van der Waals surface area contributed by atoms with Crippen molar-refractivity contribution >= 4 is 37.6 Å². The topological polar surface area (TPSA) is 17.1 Å². The molecule has 8 atom stereocenters. The third-order valence-electron chi connectivity index (χ3n) is 5.30. The third kappa shape index (κ3) is 0.722. The van der Waals surface area contributed by atoms with Crippen molar-refractivity contribution in [2.45, 2.75) is 22.5 Å². The van der Waals surface area contributed by atoms with Crippen LogP contribution in [0.25, 0.3) is 0 Å². The van der Waals surface area contributed by atoms with Crippen molar-refractivity contribution in [3.8, 4) is 0 Å². The van der Waals surface area contributed by atoms with Crippen molar-refractivity contribution < 1.29 is 4.79 Å². The number of ketones is 1. The number of halogens is 2. The predicted octanol–water partition coefficient (Wildman–Crippen LogP) is 2.61. The van der Waals surface area contributed by atoms with Gasteiger partial charge in [-0.05, 0) is 42.4 Å². The van der Waals surface area contributed by atoms with Gasteiger partial charge in [-0.1, -0.05) is 31.9 Å². The van der Waals surface area contributed by atoms with E-state index in [0.29, 0.717) is 22.4 Å². The van der Waals surface area contributed by atoms with Crippen LogP contribution in [0.1, 0.15) is 12.8 Å². The van der Waals surface area contributed by atoms with E-state index in [9.17, 15) is 4.79 Å². The maximum Gasteiger partial charge on any atom is 0.150 e. The molecular formula is C11H12Br2O. The highest BCUT2D eigenvalue weighted by Crippen LogP contribution is 2.71. The maximum atomic E-state index is 12.1. The fourth-order valence-corrected chi connectivity index (χ4v) is 7.31. The van der Waals surface area contributed by atoms with Gasteiger partial charge in [-0.15, -0.1) is 0 Å². The predicted molar refractivity (Wildman–Crippen MR) is 60.6 cm³/mol. The number of rotatable bonds is 0. The van der Waals surface area contributed by atoms with Gasteiger partial charge in [-0.25, -0.2) is 0 Å². The van der Waals surface area contributed by atoms with Gasteiger partial charge in [-0.2, -0.15) is 0 Å². The van der Waals surface area contributed by atoms with E-state index < -0.39 is 0 Å². The van der Waals surface area contributed by atoms with Crippen LogP contribution >= 0.6 is 31.9 Å². The standard InChI is InChI=1S/C11H12Br2O/c12-6-2-4-3-1-5-7(4)11(14)10(13)9(5)8(3)6/h3-10H,1-2H2/t3-,4-,5+,6-,7-,8-,9?,10?/m1/s1. The molecule has 0 aromatic rings. The lowest BCUT2D eigenvalue weighted by molar-refractivity contribution is -0.121. The van der Waals surface area contributed by atoms with E-state index in [0.717, 1.165) is 23.7 Å². The number of carbonyl (C=O) groups excluding carboxylic acids is 1. The maximum absolute atomic E-state index is 12.1. The zero-order valence-corrected chi connectivity index (χ0v) is 10.9. The summed E-state index contributed by atoms with van der Waals surface area (Å²) in [7, 11) is 0. The van der Waals surface area contributed by atoms with Gasteiger partial charge < -0.3 is 0 Å². The first kappa shape index (κ1) is 8.74. The number of hydrogen-bond donors (Lipinski definition) is 0.